The van der Waals surface area contributed by atoms with Crippen molar-refractivity contribution >= 4 is 12.2 Å². The molecule has 0 N–H and O–H groups in total. The van der Waals surface area contributed by atoms with Crippen LogP contribution in [0.25, 0.3) is 12.2 Å². The molecule has 0 aliphatic heterocycles. The number of pyridine rings is 1. The Hall–Kier alpha value is -2.09. The quantitative estimate of drug-likeness (QED) is 0.0524. The van der Waals surface area contributed by atoms with E-state index in [1.54, 1.807) is 0 Å². The van der Waals surface area contributed by atoms with Gasteiger partial charge in [-0.1, -0.05) is 211 Å². The topological polar surface area (TPSA) is 13.1 Å². The second-order valence-corrected chi connectivity index (χ2v) is 15.0. The molecule has 1 aromatic carbocycles. The van der Waals surface area contributed by atoms with Gasteiger partial charge in [-0.25, -0.2) is 4.57 Å². The third-order valence-electron chi connectivity index (χ3n) is 10.3. The summed E-state index contributed by atoms with van der Waals surface area (Å²) in [6, 6.07) is 13.0. The molecule has 0 bridgehead atoms. The summed E-state index contributed by atoms with van der Waals surface area (Å²) in [4.78, 5) is 0. The van der Waals surface area contributed by atoms with Crippen LogP contribution in [0, 0.1) is 0 Å². The van der Waals surface area contributed by atoms with Crippen molar-refractivity contribution in [2.45, 2.75) is 213 Å². The lowest BCUT2D eigenvalue weighted by Crippen LogP contribution is -2.32. The first-order chi connectivity index (χ1) is 24.3. The number of hydrogen-bond donors (Lipinski definition) is 0. The summed E-state index contributed by atoms with van der Waals surface area (Å²) >= 11 is 0. The molecule has 0 saturated carbocycles. The molecule has 1 heterocycles. The normalized spacial score (nSPS) is 11.6. The SMILES string of the molecule is CCCCCCCCCCCCCCCCCCCCCCOc1ccc(C=Cc2cc[n+](CCCCCCCCCCCC)cc2)cc1. The zero-order chi connectivity index (χ0) is 34.7. The van der Waals surface area contributed by atoms with Gasteiger partial charge in [0, 0.05) is 18.6 Å². The van der Waals surface area contributed by atoms with Gasteiger partial charge in [-0.2, -0.15) is 0 Å². The third-order valence-corrected chi connectivity index (χ3v) is 10.3. The molecule has 0 radical (unpaired) electrons. The molecule has 2 rings (SSSR count). The molecule has 0 atom stereocenters. The summed E-state index contributed by atoms with van der Waals surface area (Å²) < 4.78 is 8.35. The largest absolute Gasteiger partial charge is 0.494 e. The molecule has 278 valence electrons. The van der Waals surface area contributed by atoms with Crippen LogP contribution in [0.2, 0.25) is 0 Å². The zero-order valence-electron chi connectivity index (χ0n) is 32.8. The Labute approximate surface area is 305 Å². The lowest BCUT2D eigenvalue weighted by Gasteiger charge is -2.07. The van der Waals surface area contributed by atoms with E-state index in [-0.39, 0.29) is 0 Å². The van der Waals surface area contributed by atoms with Crippen molar-refractivity contribution in [2.75, 3.05) is 6.61 Å². The van der Waals surface area contributed by atoms with E-state index in [0.717, 1.165) is 25.3 Å². The maximum atomic E-state index is 6.02. The van der Waals surface area contributed by atoms with Gasteiger partial charge in [0.25, 0.3) is 0 Å². The molecule has 0 aliphatic rings. The number of nitrogens with zero attached hydrogens (tertiary/aromatic N) is 1. The fourth-order valence-corrected chi connectivity index (χ4v) is 6.93. The van der Waals surface area contributed by atoms with E-state index in [9.17, 15) is 0 Å². The molecule has 2 nitrogen and oxygen atoms in total. The van der Waals surface area contributed by atoms with Crippen molar-refractivity contribution in [3.8, 4) is 5.75 Å². The minimum atomic E-state index is 0.831. The first kappa shape index (κ1) is 43.1. The van der Waals surface area contributed by atoms with Gasteiger partial charge in [0.05, 0.1) is 6.61 Å². The Balaban J connectivity index is 1.38. The van der Waals surface area contributed by atoms with Gasteiger partial charge in [-0.15, -0.1) is 0 Å². The Morgan fingerprint density at radius 3 is 1.10 bits per heavy atom. The highest BCUT2D eigenvalue weighted by atomic mass is 16.5. The predicted octanol–water partition coefficient (Wildman–Crippen LogP) is 15.3. The number of aryl methyl sites for hydroxylation is 1. The molecule has 0 unspecified atom stereocenters. The number of unbranched alkanes of at least 4 members (excludes halogenated alkanes) is 28. The van der Waals surface area contributed by atoms with Crippen molar-refractivity contribution in [1.82, 2.24) is 0 Å². The number of hydrogen-bond acceptors (Lipinski definition) is 1. The standard InChI is InChI=1S/C47H80NO/c1-3-5-7-9-11-13-15-16-17-18-19-20-21-22-23-24-26-28-30-32-44-49-47-37-35-45(36-38-47)33-34-46-39-42-48(43-40-46)41-31-29-27-25-14-12-10-8-6-4-2/h33-40,42-43H,3-32,41,44H2,1-2H3/q+1. The van der Waals surface area contributed by atoms with Crippen molar-refractivity contribution in [3.63, 3.8) is 0 Å². The number of rotatable bonds is 35. The Morgan fingerprint density at radius 2 is 0.714 bits per heavy atom. The van der Waals surface area contributed by atoms with Gasteiger partial charge in [0.2, 0.25) is 0 Å². The lowest BCUT2D eigenvalue weighted by molar-refractivity contribution is -0.697. The van der Waals surface area contributed by atoms with E-state index in [4.69, 9.17) is 4.74 Å². The highest BCUT2D eigenvalue weighted by Gasteiger charge is 2.01. The van der Waals surface area contributed by atoms with E-state index in [2.05, 4.69) is 79.4 Å². The molecule has 2 aromatic rings. The molecule has 0 spiro atoms. The lowest BCUT2D eigenvalue weighted by atomic mass is 10.0. The van der Waals surface area contributed by atoms with E-state index >= 15 is 0 Å². The molecule has 2 heteroatoms. The van der Waals surface area contributed by atoms with E-state index in [1.165, 1.54) is 197 Å². The third kappa shape index (κ3) is 26.4. The molecule has 0 amide bonds. The summed E-state index contributed by atoms with van der Waals surface area (Å²) in [5.74, 6) is 0.989. The predicted molar refractivity (Wildman–Crippen MR) is 217 cm³/mol. The Kier molecular flexibility index (Phi) is 29.1. The first-order valence-electron chi connectivity index (χ1n) is 21.7. The Bertz CT molecular complexity index is 978. The van der Waals surface area contributed by atoms with Gasteiger partial charge in [0.1, 0.15) is 12.3 Å². The molecule has 0 saturated heterocycles. The Morgan fingerprint density at radius 1 is 0.388 bits per heavy atom. The smallest absolute Gasteiger partial charge is 0.169 e. The van der Waals surface area contributed by atoms with E-state index in [0.29, 0.717) is 0 Å². The van der Waals surface area contributed by atoms with E-state index < -0.39 is 0 Å². The summed E-state index contributed by atoms with van der Waals surface area (Å²) in [5, 5.41) is 0. The number of ether oxygens (including phenoxy) is 1. The summed E-state index contributed by atoms with van der Waals surface area (Å²) in [7, 11) is 0. The average molecular weight is 675 g/mol. The first-order valence-corrected chi connectivity index (χ1v) is 21.7. The van der Waals surface area contributed by atoms with Gasteiger partial charge >= 0.3 is 0 Å². The molecular formula is C47H80NO+. The highest BCUT2D eigenvalue weighted by Crippen LogP contribution is 2.17. The minimum Gasteiger partial charge on any atom is -0.494 e. The maximum Gasteiger partial charge on any atom is 0.169 e. The van der Waals surface area contributed by atoms with Crippen molar-refractivity contribution < 1.29 is 9.30 Å². The van der Waals surface area contributed by atoms with Crippen molar-refractivity contribution in [3.05, 3.63) is 59.9 Å². The van der Waals surface area contributed by atoms with Crippen LogP contribution in [0.15, 0.2) is 48.8 Å². The molecular weight excluding hydrogens is 595 g/mol. The highest BCUT2D eigenvalue weighted by molar-refractivity contribution is 5.69. The van der Waals surface area contributed by atoms with Crippen LogP contribution >= 0.6 is 0 Å². The summed E-state index contributed by atoms with van der Waals surface area (Å²) in [6.45, 7) is 6.55. The molecule has 0 aliphatic carbocycles. The van der Waals surface area contributed by atoms with Crippen molar-refractivity contribution in [1.29, 1.82) is 0 Å². The monoisotopic (exact) mass is 675 g/mol. The van der Waals surface area contributed by atoms with Crippen LogP contribution in [-0.4, -0.2) is 6.61 Å². The molecule has 0 fully saturated rings. The van der Waals surface area contributed by atoms with Crippen LogP contribution in [-0.2, 0) is 6.54 Å². The average Bonchev–Trinajstić information content (AvgIpc) is 3.13. The van der Waals surface area contributed by atoms with Crippen LogP contribution in [0.1, 0.15) is 218 Å². The van der Waals surface area contributed by atoms with Crippen LogP contribution in [0.4, 0.5) is 0 Å². The summed E-state index contributed by atoms with van der Waals surface area (Å²) in [5.41, 5.74) is 2.47. The van der Waals surface area contributed by atoms with Crippen LogP contribution < -0.4 is 9.30 Å². The fraction of sp³-hybridized carbons (Fsp3) is 0.723. The summed E-state index contributed by atoms with van der Waals surface area (Å²) in [6.07, 6.45) is 51.1. The minimum absolute atomic E-state index is 0.831. The molecule has 1 aromatic heterocycles. The van der Waals surface area contributed by atoms with Crippen LogP contribution in [0.3, 0.4) is 0 Å². The number of aromatic nitrogens is 1. The second-order valence-electron chi connectivity index (χ2n) is 15.0. The van der Waals surface area contributed by atoms with Gasteiger partial charge in [-0.05, 0) is 36.1 Å². The second kappa shape index (κ2) is 33.1. The molecule has 49 heavy (non-hydrogen) atoms. The van der Waals surface area contributed by atoms with Crippen LogP contribution in [0.5, 0.6) is 5.75 Å². The van der Waals surface area contributed by atoms with Gasteiger partial charge in [0.15, 0.2) is 12.4 Å². The van der Waals surface area contributed by atoms with E-state index in [1.807, 2.05) is 0 Å². The van der Waals surface area contributed by atoms with Gasteiger partial charge in [-0.3, -0.25) is 0 Å². The fourth-order valence-electron chi connectivity index (χ4n) is 6.93. The zero-order valence-corrected chi connectivity index (χ0v) is 32.8. The van der Waals surface area contributed by atoms with Crippen molar-refractivity contribution in [2.24, 2.45) is 0 Å². The number of benzene rings is 1. The maximum absolute atomic E-state index is 6.02. The van der Waals surface area contributed by atoms with Gasteiger partial charge < -0.3 is 4.74 Å².